The van der Waals surface area contributed by atoms with Gasteiger partial charge in [0.05, 0.1) is 14.2 Å². The Kier molecular flexibility index (Phi) is 5.62. The molecule has 2 unspecified atom stereocenters. The molecule has 1 aromatic carbocycles. The Bertz CT molecular complexity index is 848. The number of hydrogen-bond acceptors (Lipinski definition) is 6. The molecule has 0 aromatic heterocycles. The molecule has 2 atom stereocenters. The standard InChI is InChI=1S/C21H26ClNO5/c1-11(2)6-7-23-13-8-12(3)21(16(24)9-13)20(25)17-14(26-4)10-15(27-5)18(22)19(17)28-21/h9-12,23H,6-8H2,1-5H3. The summed E-state index contributed by atoms with van der Waals surface area (Å²) in [6, 6.07) is 1.54. The number of carbonyl (C=O) groups is 2. The molecular weight excluding hydrogens is 382 g/mol. The molecule has 6 nitrogen and oxygen atoms in total. The van der Waals surface area contributed by atoms with Gasteiger partial charge in [-0.1, -0.05) is 32.4 Å². The number of carbonyl (C=O) groups excluding carboxylic acids is 2. The number of rotatable bonds is 6. The molecule has 0 amide bonds. The zero-order valence-electron chi connectivity index (χ0n) is 16.8. The van der Waals surface area contributed by atoms with Crippen LogP contribution in [-0.4, -0.2) is 37.9 Å². The summed E-state index contributed by atoms with van der Waals surface area (Å²) < 4.78 is 16.6. The number of halogens is 1. The first-order valence-electron chi connectivity index (χ1n) is 9.43. The van der Waals surface area contributed by atoms with Crippen molar-refractivity contribution in [2.75, 3.05) is 20.8 Å². The fourth-order valence-electron chi connectivity index (χ4n) is 3.77. The average molecular weight is 408 g/mol. The first-order valence-corrected chi connectivity index (χ1v) is 9.81. The monoisotopic (exact) mass is 407 g/mol. The van der Waals surface area contributed by atoms with Gasteiger partial charge in [0.2, 0.25) is 17.2 Å². The lowest BCUT2D eigenvalue weighted by molar-refractivity contribution is -0.129. The van der Waals surface area contributed by atoms with Crippen LogP contribution in [0.15, 0.2) is 17.8 Å². The molecule has 152 valence electrons. The number of methoxy groups -OCH3 is 2. The van der Waals surface area contributed by atoms with Crippen LogP contribution in [0.1, 0.15) is 44.0 Å². The van der Waals surface area contributed by atoms with Crippen LogP contribution in [-0.2, 0) is 4.79 Å². The minimum Gasteiger partial charge on any atom is -0.496 e. The van der Waals surface area contributed by atoms with Gasteiger partial charge in [0.1, 0.15) is 22.1 Å². The zero-order valence-corrected chi connectivity index (χ0v) is 17.6. The molecule has 0 fully saturated rings. The number of hydrogen-bond donors (Lipinski definition) is 1. The van der Waals surface area contributed by atoms with E-state index in [0.717, 1.165) is 18.7 Å². The lowest BCUT2D eigenvalue weighted by Crippen LogP contribution is -2.55. The van der Waals surface area contributed by atoms with Crippen molar-refractivity contribution >= 4 is 23.2 Å². The Morgan fingerprint density at radius 2 is 1.96 bits per heavy atom. The molecule has 0 saturated carbocycles. The minimum atomic E-state index is -1.62. The molecule has 3 rings (SSSR count). The Hall–Kier alpha value is -2.21. The van der Waals surface area contributed by atoms with Crippen LogP contribution in [0.4, 0.5) is 0 Å². The lowest BCUT2D eigenvalue weighted by atomic mass is 9.74. The highest BCUT2D eigenvalue weighted by atomic mass is 35.5. The van der Waals surface area contributed by atoms with E-state index in [1.807, 2.05) is 6.92 Å². The third-order valence-electron chi connectivity index (χ3n) is 5.38. The second kappa shape index (κ2) is 7.66. The number of ketones is 2. The second-order valence-electron chi connectivity index (χ2n) is 7.71. The molecular formula is C21H26ClNO5. The molecule has 2 aliphatic rings. The predicted octanol–water partition coefficient (Wildman–Crippen LogP) is 3.80. The Labute approximate surface area is 170 Å². The summed E-state index contributed by atoms with van der Waals surface area (Å²) in [4.78, 5) is 26.5. The lowest BCUT2D eigenvalue weighted by Gasteiger charge is -2.35. The second-order valence-corrected chi connectivity index (χ2v) is 8.09. The zero-order chi connectivity index (χ0) is 20.6. The van der Waals surface area contributed by atoms with Crippen molar-refractivity contribution in [3.8, 4) is 17.2 Å². The summed E-state index contributed by atoms with van der Waals surface area (Å²) in [5.74, 6) is 0.156. The topological polar surface area (TPSA) is 73.9 Å². The summed E-state index contributed by atoms with van der Waals surface area (Å²) in [6.45, 7) is 6.92. The fourth-order valence-corrected chi connectivity index (χ4v) is 4.04. The molecule has 7 heteroatoms. The summed E-state index contributed by atoms with van der Waals surface area (Å²) in [6.07, 6.45) is 3.01. The van der Waals surface area contributed by atoms with Gasteiger partial charge in [0.15, 0.2) is 5.75 Å². The maximum atomic E-state index is 13.4. The number of nitrogens with one attached hydrogen (secondary N) is 1. The smallest absolute Gasteiger partial charge is 0.236 e. The van der Waals surface area contributed by atoms with Crippen molar-refractivity contribution in [2.45, 2.75) is 39.2 Å². The van der Waals surface area contributed by atoms with E-state index >= 15 is 0 Å². The highest BCUT2D eigenvalue weighted by Crippen LogP contribution is 2.52. The summed E-state index contributed by atoms with van der Waals surface area (Å²) in [5, 5.41) is 3.47. The molecule has 1 aliphatic carbocycles. The van der Waals surface area contributed by atoms with Gasteiger partial charge in [-0.2, -0.15) is 0 Å². The summed E-state index contributed by atoms with van der Waals surface area (Å²) >= 11 is 6.38. The van der Waals surface area contributed by atoms with E-state index < -0.39 is 11.4 Å². The van der Waals surface area contributed by atoms with Crippen LogP contribution < -0.4 is 19.5 Å². The van der Waals surface area contributed by atoms with Gasteiger partial charge in [-0.25, -0.2) is 0 Å². The number of fused-ring (bicyclic) bond motifs is 1. The van der Waals surface area contributed by atoms with Crippen molar-refractivity contribution in [3.63, 3.8) is 0 Å². The van der Waals surface area contributed by atoms with Gasteiger partial charge >= 0.3 is 0 Å². The predicted molar refractivity (Wildman–Crippen MR) is 107 cm³/mol. The van der Waals surface area contributed by atoms with Gasteiger partial charge in [-0.05, 0) is 18.8 Å². The Balaban J connectivity index is 1.97. The van der Waals surface area contributed by atoms with Crippen LogP contribution in [0.3, 0.4) is 0 Å². The van der Waals surface area contributed by atoms with E-state index in [2.05, 4.69) is 19.2 Å². The largest absolute Gasteiger partial charge is 0.496 e. The van der Waals surface area contributed by atoms with Crippen molar-refractivity contribution < 1.29 is 23.8 Å². The molecule has 1 N–H and O–H groups in total. The van der Waals surface area contributed by atoms with Gasteiger partial charge < -0.3 is 19.5 Å². The van der Waals surface area contributed by atoms with Crippen molar-refractivity contribution in [2.24, 2.45) is 11.8 Å². The first kappa shape index (κ1) is 20.5. The maximum Gasteiger partial charge on any atom is 0.236 e. The summed E-state index contributed by atoms with van der Waals surface area (Å²) in [7, 11) is 2.91. The van der Waals surface area contributed by atoms with Crippen LogP contribution in [0.2, 0.25) is 5.02 Å². The maximum absolute atomic E-state index is 13.4. The van der Waals surface area contributed by atoms with E-state index in [0.29, 0.717) is 18.1 Å². The number of ether oxygens (including phenoxy) is 3. The van der Waals surface area contributed by atoms with Gasteiger partial charge in [-0.15, -0.1) is 0 Å². The minimum absolute atomic E-state index is 0.146. The molecule has 0 radical (unpaired) electrons. The van der Waals surface area contributed by atoms with E-state index in [-0.39, 0.29) is 33.8 Å². The van der Waals surface area contributed by atoms with E-state index in [4.69, 9.17) is 25.8 Å². The quantitative estimate of drug-likeness (QED) is 0.723. The average Bonchev–Trinajstić information content (AvgIpc) is 2.95. The molecule has 0 saturated heterocycles. The Morgan fingerprint density at radius 3 is 2.54 bits per heavy atom. The van der Waals surface area contributed by atoms with Gasteiger partial charge in [0.25, 0.3) is 0 Å². The Morgan fingerprint density at radius 1 is 1.29 bits per heavy atom. The third-order valence-corrected chi connectivity index (χ3v) is 5.74. The van der Waals surface area contributed by atoms with Crippen LogP contribution >= 0.6 is 11.6 Å². The van der Waals surface area contributed by atoms with Crippen molar-refractivity contribution in [3.05, 3.63) is 28.4 Å². The van der Waals surface area contributed by atoms with E-state index in [1.165, 1.54) is 26.4 Å². The SMILES string of the molecule is COc1cc(OC)c2c(c1Cl)OC1(C(=O)C=C(NCCC(C)C)CC1C)C2=O. The first-order chi connectivity index (χ1) is 13.3. The van der Waals surface area contributed by atoms with E-state index in [1.54, 1.807) is 0 Å². The van der Waals surface area contributed by atoms with Gasteiger partial charge in [-0.3, -0.25) is 9.59 Å². The van der Waals surface area contributed by atoms with Crippen LogP contribution in [0.5, 0.6) is 17.2 Å². The third kappa shape index (κ3) is 3.13. The molecule has 1 aromatic rings. The molecule has 1 heterocycles. The normalized spacial score (nSPS) is 23.5. The molecule has 0 bridgehead atoms. The van der Waals surface area contributed by atoms with Crippen molar-refractivity contribution in [1.29, 1.82) is 0 Å². The van der Waals surface area contributed by atoms with Crippen molar-refractivity contribution in [1.82, 2.24) is 5.32 Å². The molecule has 1 aliphatic heterocycles. The van der Waals surface area contributed by atoms with E-state index in [9.17, 15) is 9.59 Å². The number of allylic oxidation sites excluding steroid dienone is 1. The number of benzene rings is 1. The van der Waals surface area contributed by atoms with Crippen LogP contribution in [0.25, 0.3) is 0 Å². The highest BCUT2D eigenvalue weighted by molar-refractivity contribution is 6.36. The molecule has 1 spiro atoms. The van der Waals surface area contributed by atoms with Gasteiger partial charge in [0, 0.05) is 30.3 Å². The highest BCUT2D eigenvalue weighted by Gasteiger charge is 2.60. The summed E-state index contributed by atoms with van der Waals surface area (Å²) in [5.41, 5.74) is -0.598. The fraction of sp³-hybridized carbons (Fsp3) is 0.524. The van der Waals surface area contributed by atoms with Crippen LogP contribution in [0, 0.1) is 11.8 Å². The number of Topliss-reactive ketones (excluding diaryl/α,β-unsaturated/α-hetero) is 1. The molecule has 28 heavy (non-hydrogen) atoms.